The van der Waals surface area contributed by atoms with Gasteiger partial charge in [0.2, 0.25) is 0 Å². The Morgan fingerprint density at radius 1 is 1.26 bits per heavy atom. The van der Waals surface area contributed by atoms with Crippen molar-refractivity contribution in [2.45, 2.75) is 6.92 Å². The van der Waals surface area contributed by atoms with Crippen molar-refractivity contribution in [1.82, 2.24) is 5.32 Å². The summed E-state index contributed by atoms with van der Waals surface area (Å²) in [6.07, 6.45) is 0. The summed E-state index contributed by atoms with van der Waals surface area (Å²) in [7, 11) is 1.59. The second kappa shape index (κ2) is 7.77. The minimum absolute atomic E-state index is 0.198. The third kappa shape index (κ3) is 4.67. The van der Waals surface area contributed by atoms with E-state index in [9.17, 15) is 4.79 Å². The monoisotopic (exact) mass is 412 g/mol. The van der Waals surface area contributed by atoms with Gasteiger partial charge in [-0.25, -0.2) is 0 Å². The molecule has 0 spiro atoms. The van der Waals surface area contributed by atoms with E-state index in [0.717, 1.165) is 15.7 Å². The van der Waals surface area contributed by atoms with Crippen LogP contribution in [0.5, 0.6) is 5.75 Å². The first-order chi connectivity index (χ1) is 10.9. The third-order valence-electron chi connectivity index (χ3n) is 3.07. The number of thiocarbonyl (C=S) groups is 1. The molecule has 2 aromatic rings. The van der Waals surface area contributed by atoms with Crippen molar-refractivity contribution >= 4 is 56.5 Å². The molecule has 0 saturated heterocycles. The molecule has 2 aromatic carbocycles. The lowest BCUT2D eigenvalue weighted by Crippen LogP contribution is -2.34. The maximum Gasteiger partial charge on any atom is 0.257 e. The lowest BCUT2D eigenvalue weighted by atomic mass is 10.1. The van der Waals surface area contributed by atoms with Crippen molar-refractivity contribution in [3.05, 3.63) is 57.0 Å². The van der Waals surface area contributed by atoms with Crippen LogP contribution in [0.3, 0.4) is 0 Å². The summed E-state index contributed by atoms with van der Waals surface area (Å²) in [4.78, 5) is 12.1. The van der Waals surface area contributed by atoms with Crippen LogP contribution in [-0.4, -0.2) is 18.1 Å². The van der Waals surface area contributed by atoms with Gasteiger partial charge in [-0.05, 0) is 71.0 Å². The van der Waals surface area contributed by atoms with Crippen LogP contribution in [0.4, 0.5) is 5.69 Å². The molecule has 0 unspecified atom stereocenters. The van der Waals surface area contributed by atoms with E-state index in [-0.39, 0.29) is 11.0 Å². The van der Waals surface area contributed by atoms with Crippen LogP contribution in [0.25, 0.3) is 0 Å². The Hall–Kier alpha value is -1.63. The van der Waals surface area contributed by atoms with Crippen molar-refractivity contribution < 1.29 is 9.53 Å². The molecule has 2 rings (SSSR count). The van der Waals surface area contributed by atoms with Crippen LogP contribution in [0.15, 0.2) is 40.9 Å². The number of carbonyl (C=O) groups excluding carboxylic acids is 1. The SMILES string of the molecule is COc1ccc(NC(=S)NC(=O)c2ccc(C)c(Cl)c2)cc1Br. The van der Waals surface area contributed by atoms with Crippen LogP contribution in [0, 0.1) is 6.92 Å². The predicted octanol–water partition coefficient (Wildman–Crippen LogP) is 4.55. The van der Waals surface area contributed by atoms with Crippen LogP contribution >= 0.6 is 39.7 Å². The standard InChI is InChI=1S/C16H14BrClN2O2S/c1-9-3-4-10(7-13(9)18)15(21)20-16(23)19-11-5-6-14(22-2)12(17)8-11/h3-8H,1-2H3,(H2,19,20,21,23). The zero-order chi connectivity index (χ0) is 17.0. The van der Waals surface area contributed by atoms with Crippen molar-refractivity contribution in [2.24, 2.45) is 0 Å². The Morgan fingerprint density at radius 3 is 2.61 bits per heavy atom. The second-order valence-corrected chi connectivity index (χ2v) is 6.39. The summed E-state index contributed by atoms with van der Waals surface area (Å²) >= 11 is 14.6. The summed E-state index contributed by atoms with van der Waals surface area (Å²) < 4.78 is 5.94. The van der Waals surface area contributed by atoms with E-state index in [4.69, 9.17) is 28.6 Å². The molecule has 120 valence electrons. The van der Waals surface area contributed by atoms with Crippen LogP contribution < -0.4 is 15.4 Å². The summed E-state index contributed by atoms with van der Waals surface area (Å²) in [6, 6.07) is 10.5. The number of ether oxygens (including phenoxy) is 1. The molecule has 0 aliphatic heterocycles. The number of carbonyl (C=O) groups is 1. The molecule has 23 heavy (non-hydrogen) atoms. The van der Waals surface area contributed by atoms with E-state index < -0.39 is 0 Å². The first kappa shape index (κ1) is 17.7. The van der Waals surface area contributed by atoms with E-state index >= 15 is 0 Å². The van der Waals surface area contributed by atoms with E-state index in [1.807, 2.05) is 6.92 Å². The topological polar surface area (TPSA) is 50.4 Å². The highest BCUT2D eigenvalue weighted by molar-refractivity contribution is 9.10. The highest BCUT2D eigenvalue weighted by Gasteiger charge is 2.10. The van der Waals surface area contributed by atoms with Gasteiger partial charge in [0.15, 0.2) is 5.11 Å². The normalized spacial score (nSPS) is 10.1. The number of benzene rings is 2. The number of halogens is 2. The number of hydrogen-bond acceptors (Lipinski definition) is 3. The van der Waals surface area contributed by atoms with Crippen molar-refractivity contribution in [2.75, 3.05) is 12.4 Å². The fraction of sp³-hybridized carbons (Fsp3) is 0.125. The molecule has 0 bridgehead atoms. The Balaban J connectivity index is 2.02. The average molecular weight is 414 g/mol. The van der Waals surface area contributed by atoms with Gasteiger partial charge in [0.1, 0.15) is 5.75 Å². The fourth-order valence-corrected chi connectivity index (χ4v) is 2.75. The van der Waals surface area contributed by atoms with Crippen LogP contribution in [-0.2, 0) is 0 Å². The molecule has 0 atom stereocenters. The quantitative estimate of drug-likeness (QED) is 0.725. The van der Waals surface area contributed by atoms with Crippen LogP contribution in [0.1, 0.15) is 15.9 Å². The molecule has 0 saturated carbocycles. The van der Waals surface area contributed by atoms with Crippen molar-refractivity contribution in [3.63, 3.8) is 0 Å². The lowest BCUT2D eigenvalue weighted by Gasteiger charge is -2.11. The first-order valence-corrected chi connectivity index (χ1v) is 8.20. The molecule has 7 heteroatoms. The third-order valence-corrected chi connectivity index (χ3v) is 4.30. The summed E-state index contributed by atoms with van der Waals surface area (Å²) in [5.41, 5.74) is 2.08. The number of anilines is 1. The van der Waals surface area contributed by atoms with Crippen molar-refractivity contribution in [1.29, 1.82) is 0 Å². The minimum atomic E-state index is -0.322. The molecule has 0 radical (unpaired) electrons. The summed E-state index contributed by atoms with van der Waals surface area (Å²) in [6.45, 7) is 1.87. The number of nitrogens with one attached hydrogen (secondary N) is 2. The average Bonchev–Trinajstić information content (AvgIpc) is 2.50. The molecule has 4 nitrogen and oxygen atoms in total. The van der Waals surface area contributed by atoms with Gasteiger partial charge in [-0.2, -0.15) is 0 Å². The molecule has 0 aliphatic carbocycles. The first-order valence-electron chi connectivity index (χ1n) is 6.62. The van der Waals surface area contributed by atoms with Gasteiger partial charge in [-0.3, -0.25) is 10.1 Å². The van der Waals surface area contributed by atoms with Gasteiger partial charge in [0.05, 0.1) is 11.6 Å². The zero-order valence-corrected chi connectivity index (χ0v) is 15.6. The fourth-order valence-electron chi connectivity index (χ4n) is 1.82. The number of rotatable bonds is 3. The Labute approximate surface area is 153 Å². The predicted molar refractivity (Wildman–Crippen MR) is 101 cm³/mol. The van der Waals surface area contributed by atoms with Gasteiger partial charge in [-0.15, -0.1) is 0 Å². The number of hydrogen-bond donors (Lipinski definition) is 2. The van der Waals surface area contributed by atoms with Gasteiger partial charge in [-0.1, -0.05) is 17.7 Å². The number of amides is 1. The molecule has 0 aliphatic rings. The van der Waals surface area contributed by atoms with Gasteiger partial charge in [0.25, 0.3) is 5.91 Å². The highest BCUT2D eigenvalue weighted by atomic mass is 79.9. The zero-order valence-electron chi connectivity index (χ0n) is 12.4. The molecular formula is C16H14BrClN2O2S. The summed E-state index contributed by atoms with van der Waals surface area (Å²) in [5.74, 6) is 0.386. The summed E-state index contributed by atoms with van der Waals surface area (Å²) in [5, 5.41) is 6.29. The largest absolute Gasteiger partial charge is 0.496 e. The number of aryl methyl sites for hydroxylation is 1. The van der Waals surface area contributed by atoms with Gasteiger partial charge >= 0.3 is 0 Å². The van der Waals surface area contributed by atoms with Gasteiger partial charge in [0, 0.05) is 16.3 Å². The van der Waals surface area contributed by atoms with Crippen molar-refractivity contribution in [3.8, 4) is 5.75 Å². The second-order valence-electron chi connectivity index (χ2n) is 4.72. The minimum Gasteiger partial charge on any atom is -0.496 e. The van der Waals surface area contributed by atoms with E-state index in [2.05, 4.69) is 26.6 Å². The maximum atomic E-state index is 12.1. The highest BCUT2D eigenvalue weighted by Crippen LogP contribution is 2.27. The Morgan fingerprint density at radius 2 is 2.00 bits per heavy atom. The van der Waals surface area contributed by atoms with Gasteiger partial charge < -0.3 is 10.1 Å². The molecule has 2 N–H and O–H groups in total. The molecule has 0 aromatic heterocycles. The lowest BCUT2D eigenvalue weighted by molar-refractivity contribution is 0.0977. The van der Waals surface area contributed by atoms with E-state index in [0.29, 0.717) is 16.3 Å². The number of methoxy groups -OCH3 is 1. The van der Waals surface area contributed by atoms with E-state index in [1.54, 1.807) is 43.5 Å². The molecule has 0 fully saturated rings. The molecular weight excluding hydrogens is 400 g/mol. The van der Waals surface area contributed by atoms with E-state index in [1.165, 1.54) is 0 Å². The smallest absolute Gasteiger partial charge is 0.257 e. The molecule has 0 heterocycles. The van der Waals surface area contributed by atoms with Crippen LogP contribution in [0.2, 0.25) is 5.02 Å². The Kier molecular flexibility index (Phi) is 5.98. The Bertz CT molecular complexity index is 768. The molecule has 1 amide bonds. The maximum absolute atomic E-state index is 12.1.